The Hall–Kier alpha value is -2.54. The molecule has 0 amide bonds. The van der Waals surface area contributed by atoms with E-state index in [1.807, 2.05) is 57.2 Å². The lowest BCUT2D eigenvalue weighted by molar-refractivity contribution is -0.185. The summed E-state index contributed by atoms with van der Waals surface area (Å²) >= 11 is 0. The molecule has 186 valence electrons. The summed E-state index contributed by atoms with van der Waals surface area (Å²) in [5.41, 5.74) is -2.59. The van der Waals surface area contributed by atoms with Crippen molar-refractivity contribution in [1.82, 2.24) is 0 Å². The van der Waals surface area contributed by atoms with Crippen LogP contribution in [0.25, 0.3) is 6.08 Å². The first kappa shape index (κ1) is 24.2. The summed E-state index contributed by atoms with van der Waals surface area (Å²) in [6.07, 6.45) is 7.09. The highest BCUT2D eigenvalue weighted by molar-refractivity contribution is 6.04. The van der Waals surface area contributed by atoms with Crippen LogP contribution in [0.2, 0.25) is 0 Å². The van der Waals surface area contributed by atoms with E-state index in [4.69, 9.17) is 4.74 Å². The molecule has 1 aromatic carbocycles. The lowest BCUT2D eigenvalue weighted by atomic mass is 9.60. The first-order valence-corrected chi connectivity index (χ1v) is 12.4. The van der Waals surface area contributed by atoms with E-state index in [9.17, 15) is 24.9 Å². The van der Waals surface area contributed by atoms with Crippen LogP contribution in [0.4, 0.5) is 0 Å². The average Bonchev–Trinajstić information content (AvgIpc) is 3.22. The van der Waals surface area contributed by atoms with Crippen molar-refractivity contribution in [2.24, 2.45) is 29.1 Å². The van der Waals surface area contributed by atoms with Gasteiger partial charge < -0.3 is 20.1 Å². The monoisotopic (exact) mass is 478 g/mol. The molecule has 5 rings (SSSR count). The quantitative estimate of drug-likeness (QED) is 0.349. The van der Waals surface area contributed by atoms with E-state index in [2.05, 4.69) is 0 Å². The summed E-state index contributed by atoms with van der Waals surface area (Å²) in [6, 6.07) is 9.51. The minimum Gasteiger partial charge on any atom is -0.455 e. The summed E-state index contributed by atoms with van der Waals surface area (Å²) in [5, 5.41) is 34.0. The van der Waals surface area contributed by atoms with E-state index in [0.717, 1.165) is 5.56 Å². The molecule has 3 N–H and O–H groups in total. The Labute approximate surface area is 206 Å². The van der Waals surface area contributed by atoms with Crippen molar-refractivity contribution in [1.29, 1.82) is 0 Å². The number of carbonyl (C=O) groups excluding carboxylic acids is 2. The van der Waals surface area contributed by atoms with E-state index < -0.39 is 45.8 Å². The Bertz CT molecular complexity index is 1160. The summed E-state index contributed by atoms with van der Waals surface area (Å²) in [5.74, 6) is -2.73. The van der Waals surface area contributed by atoms with Gasteiger partial charge in [-0.15, -0.1) is 0 Å². The zero-order valence-electron chi connectivity index (χ0n) is 20.7. The van der Waals surface area contributed by atoms with Crippen molar-refractivity contribution in [2.45, 2.75) is 57.3 Å². The summed E-state index contributed by atoms with van der Waals surface area (Å²) in [6.45, 7) is 7.32. The second kappa shape index (κ2) is 7.73. The van der Waals surface area contributed by atoms with Gasteiger partial charge in [-0.2, -0.15) is 0 Å². The number of hydrogen-bond donors (Lipinski definition) is 3. The van der Waals surface area contributed by atoms with Crippen molar-refractivity contribution in [3.63, 3.8) is 0 Å². The zero-order chi connectivity index (χ0) is 25.4. The van der Waals surface area contributed by atoms with Crippen LogP contribution in [-0.4, -0.2) is 50.5 Å². The van der Waals surface area contributed by atoms with E-state index in [-0.39, 0.29) is 24.9 Å². The van der Waals surface area contributed by atoms with Gasteiger partial charge in [-0.05, 0) is 42.0 Å². The van der Waals surface area contributed by atoms with Crippen molar-refractivity contribution < 1.29 is 29.6 Å². The second-order valence-corrected chi connectivity index (χ2v) is 11.5. The Morgan fingerprint density at radius 3 is 2.51 bits per heavy atom. The molecule has 6 nitrogen and oxygen atoms in total. The molecule has 0 unspecified atom stereocenters. The molecule has 0 aromatic heterocycles. The SMILES string of the molecule is CC1=C[C@H]2[C@@]3(O)[C@H](C)C[C@]4(OC(=O)/C=C/c5ccccc5)[C@H]([C@@H]3C=C(CO)C[C@]2(O)C1=O)C4(C)C. The fraction of sp³-hybridized carbons (Fsp3) is 0.517. The first-order chi connectivity index (χ1) is 16.4. The maximum Gasteiger partial charge on any atom is 0.331 e. The van der Waals surface area contributed by atoms with Crippen molar-refractivity contribution in [3.8, 4) is 0 Å². The molecule has 0 heterocycles. The molecular weight excluding hydrogens is 444 g/mol. The molecule has 0 saturated heterocycles. The Kier molecular flexibility index (Phi) is 5.34. The molecule has 4 aliphatic rings. The van der Waals surface area contributed by atoms with Crippen LogP contribution in [0.15, 0.2) is 59.7 Å². The largest absolute Gasteiger partial charge is 0.455 e. The maximum atomic E-state index is 13.0. The third kappa shape index (κ3) is 3.19. The van der Waals surface area contributed by atoms with Gasteiger partial charge in [-0.25, -0.2) is 4.79 Å². The minimum atomic E-state index is -1.79. The molecule has 2 saturated carbocycles. The topological polar surface area (TPSA) is 104 Å². The van der Waals surface area contributed by atoms with Crippen LogP contribution in [0.1, 0.15) is 46.1 Å². The number of fused-ring (bicyclic) bond motifs is 5. The van der Waals surface area contributed by atoms with Crippen LogP contribution < -0.4 is 0 Å². The third-order valence-electron chi connectivity index (χ3n) is 9.37. The predicted octanol–water partition coefficient (Wildman–Crippen LogP) is 3.22. The molecule has 35 heavy (non-hydrogen) atoms. The van der Waals surface area contributed by atoms with Gasteiger partial charge >= 0.3 is 5.97 Å². The van der Waals surface area contributed by atoms with Crippen LogP contribution in [-0.2, 0) is 14.3 Å². The number of hydrogen-bond acceptors (Lipinski definition) is 6. The molecular formula is C29H34O6. The number of ether oxygens (including phenoxy) is 1. The number of ketones is 1. The van der Waals surface area contributed by atoms with Crippen LogP contribution in [0, 0.1) is 29.1 Å². The van der Waals surface area contributed by atoms with Crippen molar-refractivity contribution in [2.75, 3.05) is 6.61 Å². The summed E-state index contributed by atoms with van der Waals surface area (Å²) < 4.78 is 6.17. The third-order valence-corrected chi connectivity index (χ3v) is 9.37. The van der Waals surface area contributed by atoms with E-state index >= 15 is 0 Å². The van der Waals surface area contributed by atoms with Gasteiger partial charge in [0.25, 0.3) is 0 Å². The molecule has 6 heteroatoms. The Balaban J connectivity index is 1.52. The minimum absolute atomic E-state index is 0.0217. The van der Waals surface area contributed by atoms with Gasteiger partial charge in [0.05, 0.1) is 12.2 Å². The molecule has 0 spiro atoms. The molecule has 4 aliphatic carbocycles. The van der Waals surface area contributed by atoms with E-state index in [1.165, 1.54) is 6.08 Å². The number of rotatable bonds is 4. The summed E-state index contributed by atoms with van der Waals surface area (Å²) in [7, 11) is 0. The normalized spacial score (nSPS) is 41.3. The van der Waals surface area contributed by atoms with Crippen LogP contribution >= 0.6 is 0 Å². The lowest BCUT2D eigenvalue weighted by Gasteiger charge is -2.50. The highest BCUT2D eigenvalue weighted by Crippen LogP contribution is 2.76. The van der Waals surface area contributed by atoms with E-state index in [1.54, 1.807) is 19.1 Å². The Morgan fingerprint density at radius 2 is 1.86 bits per heavy atom. The number of Topliss-reactive ketones (excluding diaryl/α,β-unsaturated/α-hetero) is 1. The van der Waals surface area contributed by atoms with E-state index in [0.29, 0.717) is 17.6 Å². The van der Waals surface area contributed by atoms with Crippen molar-refractivity contribution in [3.05, 3.63) is 65.3 Å². The molecule has 0 radical (unpaired) electrons. The van der Waals surface area contributed by atoms with Gasteiger partial charge in [-0.3, -0.25) is 4.79 Å². The Morgan fingerprint density at radius 1 is 1.17 bits per heavy atom. The first-order valence-electron chi connectivity index (χ1n) is 12.4. The highest BCUT2D eigenvalue weighted by atomic mass is 16.6. The number of aliphatic hydroxyl groups is 3. The van der Waals surface area contributed by atoms with Gasteiger partial charge in [0.1, 0.15) is 11.2 Å². The molecule has 1 aromatic rings. The number of aliphatic hydroxyl groups excluding tert-OH is 1. The van der Waals surface area contributed by atoms with Crippen LogP contribution in [0.3, 0.4) is 0 Å². The second-order valence-electron chi connectivity index (χ2n) is 11.5. The van der Waals surface area contributed by atoms with Gasteiger partial charge in [0.15, 0.2) is 5.78 Å². The molecule has 7 atom stereocenters. The van der Waals surface area contributed by atoms with Gasteiger partial charge in [0.2, 0.25) is 0 Å². The van der Waals surface area contributed by atoms with Crippen molar-refractivity contribution >= 4 is 17.8 Å². The smallest absolute Gasteiger partial charge is 0.331 e. The number of benzene rings is 1. The molecule has 0 aliphatic heterocycles. The highest BCUT2D eigenvalue weighted by Gasteiger charge is 2.83. The van der Waals surface area contributed by atoms with Gasteiger partial charge in [0, 0.05) is 35.7 Å². The average molecular weight is 479 g/mol. The number of carbonyl (C=O) groups is 2. The lowest BCUT2D eigenvalue weighted by Crippen LogP contribution is -2.61. The fourth-order valence-corrected chi connectivity index (χ4v) is 7.54. The summed E-state index contributed by atoms with van der Waals surface area (Å²) in [4.78, 5) is 25.9. The zero-order valence-corrected chi connectivity index (χ0v) is 20.7. The fourth-order valence-electron chi connectivity index (χ4n) is 7.54. The standard InChI is InChI=1S/C29H34O6/c1-17-12-22-27(33,25(17)32)15-20(16-30)13-21-24-26(3,4)28(24,14-18(2)29(21,22)34)35-23(31)11-10-19-8-6-5-7-9-19/h5-13,18,21-22,24,30,33-34H,14-16H2,1-4H3/b11-10+/t18-,21+,22-,24-,27-,28+,29-/m1/s1. The number of esters is 1. The van der Waals surface area contributed by atoms with Crippen LogP contribution in [0.5, 0.6) is 0 Å². The molecule has 2 fully saturated rings. The predicted molar refractivity (Wildman–Crippen MR) is 131 cm³/mol. The van der Waals surface area contributed by atoms with Gasteiger partial charge in [-0.1, -0.05) is 63.3 Å². The molecule has 0 bridgehead atoms. The maximum absolute atomic E-state index is 13.0.